The van der Waals surface area contributed by atoms with Crippen LogP contribution in [0.5, 0.6) is 5.75 Å². The molecule has 0 radical (unpaired) electrons. The highest BCUT2D eigenvalue weighted by Crippen LogP contribution is 2.43. The summed E-state index contributed by atoms with van der Waals surface area (Å²) in [6, 6.07) is 6.30. The van der Waals surface area contributed by atoms with Crippen LogP contribution >= 0.6 is 0 Å². The van der Waals surface area contributed by atoms with Gasteiger partial charge in [0.25, 0.3) is 0 Å². The van der Waals surface area contributed by atoms with E-state index in [4.69, 9.17) is 14.0 Å². The third-order valence-corrected chi connectivity index (χ3v) is 5.18. The lowest BCUT2D eigenvalue weighted by atomic mass is 9.73. The van der Waals surface area contributed by atoms with Crippen LogP contribution in [0.15, 0.2) is 35.6 Å². The first-order valence-corrected chi connectivity index (χ1v) is 8.30. The second-order valence-corrected chi connectivity index (χ2v) is 7.56. The molecule has 2 fully saturated rings. The first-order valence-electron chi connectivity index (χ1n) is 8.30. The van der Waals surface area contributed by atoms with Crippen LogP contribution in [0, 0.1) is 11.7 Å². The summed E-state index contributed by atoms with van der Waals surface area (Å²) in [4.78, 5) is 0. The van der Waals surface area contributed by atoms with Gasteiger partial charge in [-0.2, -0.15) is 0 Å². The zero-order valence-corrected chi connectivity index (χ0v) is 14.6. The summed E-state index contributed by atoms with van der Waals surface area (Å²) in [5, 5.41) is 0. The molecule has 0 atom stereocenters. The lowest BCUT2D eigenvalue weighted by Gasteiger charge is -2.32. The second kappa shape index (κ2) is 6.15. The minimum Gasteiger partial charge on any atom is -0.490 e. The van der Waals surface area contributed by atoms with Crippen molar-refractivity contribution >= 4 is 7.12 Å². The van der Waals surface area contributed by atoms with E-state index in [1.165, 1.54) is 6.07 Å². The third kappa shape index (κ3) is 3.22. The molecular formula is C18H23BF2O3. The lowest BCUT2D eigenvalue weighted by Crippen LogP contribution is -2.41. The Morgan fingerprint density at radius 1 is 1.17 bits per heavy atom. The normalized spacial score (nSPS) is 24.7. The molecule has 3 rings (SSSR count). The first-order chi connectivity index (χ1) is 11.2. The third-order valence-electron chi connectivity index (χ3n) is 5.18. The van der Waals surface area contributed by atoms with Crippen LogP contribution < -0.4 is 4.74 Å². The van der Waals surface area contributed by atoms with Crippen molar-refractivity contribution in [2.45, 2.75) is 51.7 Å². The fraction of sp³-hybridized carbons (Fsp3) is 0.556. The predicted octanol–water partition coefficient (Wildman–Crippen LogP) is 4.47. The minimum atomic E-state index is -0.932. The summed E-state index contributed by atoms with van der Waals surface area (Å²) >= 11 is 0. The number of ether oxygens (including phenoxy) is 1. The number of hydrogen-bond acceptors (Lipinski definition) is 3. The monoisotopic (exact) mass is 336 g/mol. The largest absolute Gasteiger partial charge is 0.525 e. The van der Waals surface area contributed by atoms with Crippen molar-refractivity contribution in [2.24, 2.45) is 5.92 Å². The van der Waals surface area contributed by atoms with Crippen molar-refractivity contribution in [3.8, 4) is 5.75 Å². The molecular weight excluding hydrogens is 313 g/mol. The standard InChI is InChI=1S/C18H23BF2O3/c1-17(2)18(3,4)24-19(23-17)16(21)13-9-12(10-13)11-22-15-8-6-5-7-14(15)20/h5-8,12H,9-11H2,1-4H3. The maximum Gasteiger partial charge on any atom is 0.525 e. The molecule has 24 heavy (non-hydrogen) atoms. The topological polar surface area (TPSA) is 27.7 Å². The van der Waals surface area contributed by atoms with Gasteiger partial charge in [0.2, 0.25) is 0 Å². The van der Waals surface area contributed by atoms with Crippen molar-refractivity contribution in [1.29, 1.82) is 0 Å². The molecule has 1 heterocycles. The van der Waals surface area contributed by atoms with Gasteiger partial charge in [-0.15, -0.1) is 0 Å². The van der Waals surface area contributed by atoms with Crippen molar-refractivity contribution in [3.63, 3.8) is 0 Å². The maximum atomic E-state index is 14.6. The Morgan fingerprint density at radius 2 is 1.75 bits per heavy atom. The fourth-order valence-electron chi connectivity index (χ4n) is 2.83. The molecule has 0 unspecified atom stereocenters. The molecule has 1 aliphatic carbocycles. The van der Waals surface area contributed by atoms with Crippen molar-refractivity contribution in [1.82, 2.24) is 0 Å². The van der Waals surface area contributed by atoms with E-state index in [0.717, 1.165) is 0 Å². The van der Waals surface area contributed by atoms with E-state index >= 15 is 0 Å². The maximum absolute atomic E-state index is 14.6. The minimum absolute atomic E-state index is 0.188. The van der Waals surface area contributed by atoms with Crippen molar-refractivity contribution in [2.75, 3.05) is 6.61 Å². The Hall–Kier alpha value is -1.40. The summed E-state index contributed by atoms with van der Waals surface area (Å²) in [5.41, 5.74) is -0.717. The van der Waals surface area contributed by atoms with Crippen LogP contribution in [0.1, 0.15) is 40.5 Å². The Bertz CT molecular complexity index is 633. The number of hydrogen-bond donors (Lipinski definition) is 0. The highest BCUT2D eigenvalue weighted by atomic mass is 19.1. The highest BCUT2D eigenvalue weighted by molar-refractivity contribution is 6.53. The van der Waals surface area contributed by atoms with Gasteiger partial charge >= 0.3 is 7.12 Å². The molecule has 0 aromatic heterocycles. The van der Waals surface area contributed by atoms with Crippen LogP contribution in [-0.2, 0) is 9.31 Å². The molecule has 1 aliphatic heterocycles. The van der Waals surface area contributed by atoms with Crippen molar-refractivity contribution in [3.05, 3.63) is 41.4 Å². The summed E-state index contributed by atoms with van der Waals surface area (Å²) in [6.45, 7) is 7.97. The Labute approximate surface area is 142 Å². The number of rotatable bonds is 4. The lowest BCUT2D eigenvalue weighted by molar-refractivity contribution is 0.00578. The van der Waals surface area contributed by atoms with Crippen LogP contribution in [0.4, 0.5) is 8.78 Å². The van der Waals surface area contributed by atoms with Gasteiger partial charge in [-0.3, -0.25) is 0 Å². The van der Waals surface area contributed by atoms with Gasteiger partial charge in [0.15, 0.2) is 11.6 Å². The molecule has 0 spiro atoms. The molecule has 1 aromatic rings. The van der Waals surface area contributed by atoms with E-state index < -0.39 is 18.3 Å². The quantitative estimate of drug-likeness (QED) is 0.760. The van der Waals surface area contributed by atoms with E-state index in [1.807, 2.05) is 27.7 Å². The molecule has 0 amide bonds. The number of para-hydroxylation sites is 1. The van der Waals surface area contributed by atoms with E-state index in [2.05, 4.69) is 0 Å². The van der Waals surface area contributed by atoms with Crippen LogP contribution in [0.3, 0.4) is 0 Å². The molecule has 0 N–H and O–H groups in total. The average molecular weight is 336 g/mol. The Balaban J connectivity index is 1.54. The fourth-order valence-corrected chi connectivity index (χ4v) is 2.83. The van der Waals surface area contributed by atoms with Gasteiger partial charge in [0.05, 0.1) is 17.8 Å². The number of halogens is 2. The first kappa shape index (κ1) is 17.4. The van der Waals surface area contributed by atoms with Gasteiger partial charge in [-0.05, 0) is 58.2 Å². The van der Waals surface area contributed by atoms with Gasteiger partial charge in [0.1, 0.15) is 5.73 Å². The van der Waals surface area contributed by atoms with Gasteiger partial charge in [-0.25, -0.2) is 8.78 Å². The van der Waals surface area contributed by atoms with Crippen LogP contribution in [-0.4, -0.2) is 24.9 Å². The molecule has 2 aliphatic rings. The molecule has 6 heteroatoms. The van der Waals surface area contributed by atoms with E-state index in [9.17, 15) is 8.78 Å². The van der Waals surface area contributed by atoms with Crippen molar-refractivity contribution < 1.29 is 22.8 Å². The van der Waals surface area contributed by atoms with Crippen LogP contribution in [0.25, 0.3) is 0 Å². The summed E-state index contributed by atoms with van der Waals surface area (Å²) < 4.78 is 45.0. The smallest absolute Gasteiger partial charge is 0.490 e. The molecule has 3 nitrogen and oxygen atoms in total. The molecule has 1 saturated heterocycles. The predicted molar refractivity (Wildman–Crippen MR) is 88.8 cm³/mol. The Kier molecular flexibility index (Phi) is 4.47. The summed E-state index contributed by atoms with van der Waals surface area (Å²) in [7, 11) is -0.932. The Morgan fingerprint density at radius 3 is 2.33 bits per heavy atom. The van der Waals surface area contributed by atoms with E-state index in [1.54, 1.807) is 18.2 Å². The highest BCUT2D eigenvalue weighted by Gasteiger charge is 2.54. The van der Waals surface area contributed by atoms with Crippen LogP contribution in [0.2, 0.25) is 0 Å². The second-order valence-electron chi connectivity index (χ2n) is 7.56. The zero-order chi connectivity index (χ0) is 17.5. The molecule has 130 valence electrons. The zero-order valence-electron chi connectivity index (χ0n) is 14.6. The molecule has 1 aromatic carbocycles. The van der Waals surface area contributed by atoms with Gasteiger partial charge < -0.3 is 14.0 Å². The van der Waals surface area contributed by atoms with Gasteiger partial charge in [-0.1, -0.05) is 12.1 Å². The number of benzene rings is 1. The summed E-state index contributed by atoms with van der Waals surface area (Å²) in [6.07, 6.45) is 1.18. The molecule has 0 bridgehead atoms. The van der Waals surface area contributed by atoms with E-state index in [-0.39, 0.29) is 23.2 Å². The van der Waals surface area contributed by atoms with E-state index in [0.29, 0.717) is 25.0 Å². The molecule has 1 saturated carbocycles. The average Bonchev–Trinajstić information content (AvgIpc) is 2.67. The SMILES string of the molecule is CC1(C)OB(C(F)=C2CC(COc3ccccc3F)C2)OC1(C)C. The summed E-state index contributed by atoms with van der Waals surface area (Å²) in [5.74, 6) is 0.0464. The number of allylic oxidation sites excluding steroid dienone is 1. The van der Waals surface area contributed by atoms with Gasteiger partial charge in [0, 0.05) is 5.92 Å².